The summed E-state index contributed by atoms with van der Waals surface area (Å²) in [5, 5.41) is 2.69. The Kier molecular flexibility index (Phi) is 4.21. The van der Waals surface area contributed by atoms with Gasteiger partial charge in [-0.3, -0.25) is 4.79 Å². The number of carbonyl (C=O) groups is 1. The van der Waals surface area contributed by atoms with Gasteiger partial charge in [-0.15, -0.1) is 5.92 Å². The Morgan fingerprint density at radius 2 is 2.36 bits per heavy atom. The van der Waals surface area contributed by atoms with Crippen LogP contribution in [0.3, 0.4) is 0 Å². The van der Waals surface area contributed by atoms with E-state index >= 15 is 0 Å². The molecule has 0 bridgehead atoms. The van der Waals surface area contributed by atoms with E-state index in [0.29, 0.717) is 12.1 Å². The third-order valence-corrected chi connectivity index (χ3v) is 2.09. The van der Waals surface area contributed by atoms with Crippen molar-refractivity contribution in [1.82, 2.24) is 5.32 Å². The van der Waals surface area contributed by atoms with Gasteiger partial charge in [-0.2, -0.15) is 0 Å². The van der Waals surface area contributed by atoms with Crippen LogP contribution in [0.1, 0.15) is 17.3 Å². The summed E-state index contributed by atoms with van der Waals surface area (Å²) in [4.78, 5) is 11.5. The van der Waals surface area contributed by atoms with Crippen LogP contribution in [0.25, 0.3) is 0 Å². The average molecular weight is 252 g/mol. The van der Waals surface area contributed by atoms with Gasteiger partial charge in [0.05, 0.1) is 6.54 Å². The van der Waals surface area contributed by atoms with E-state index in [1.165, 1.54) is 0 Å². The van der Waals surface area contributed by atoms with Crippen LogP contribution in [0.2, 0.25) is 0 Å². The number of halogens is 1. The zero-order chi connectivity index (χ0) is 10.4. The van der Waals surface area contributed by atoms with Gasteiger partial charge in [0.2, 0.25) is 0 Å². The van der Waals surface area contributed by atoms with Crippen LogP contribution in [0.4, 0.5) is 0 Å². The van der Waals surface area contributed by atoms with E-state index in [2.05, 4.69) is 33.1 Å². The SMILES string of the molecule is CC#CCNC(=O)c1cccc(Br)c1. The van der Waals surface area contributed by atoms with Crippen LogP contribution < -0.4 is 5.32 Å². The number of amides is 1. The summed E-state index contributed by atoms with van der Waals surface area (Å²) >= 11 is 3.30. The van der Waals surface area contributed by atoms with Crippen molar-refractivity contribution in [3.63, 3.8) is 0 Å². The van der Waals surface area contributed by atoms with Gasteiger partial charge in [-0.25, -0.2) is 0 Å². The fraction of sp³-hybridized carbons (Fsp3) is 0.182. The van der Waals surface area contributed by atoms with E-state index in [1.807, 2.05) is 12.1 Å². The molecule has 0 aliphatic carbocycles. The van der Waals surface area contributed by atoms with Gasteiger partial charge in [0.25, 0.3) is 5.91 Å². The Bertz CT molecular complexity index is 390. The molecule has 0 atom stereocenters. The molecule has 0 heterocycles. The first-order valence-corrected chi connectivity index (χ1v) is 4.96. The monoisotopic (exact) mass is 251 g/mol. The normalized spacial score (nSPS) is 8.71. The van der Waals surface area contributed by atoms with E-state index in [-0.39, 0.29) is 5.91 Å². The third-order valence-electron chi connectivity index (χ3n) is 1.60. The second kappa shape index (κ2) is 5.46. The lowest BCUT2D eigenvalue weighted by Crippen LogP contribution is -2.23. The molecule has 0 fully saturated rings. The lowest BCUT2D eigenvalue weighted by molar-refractivity contribution is 0.0958. The molecule has 1 aromatic rings. The Balaban J connectivity index is 2.63. The summed E-state index contributed by atoms with van der Waals surface area (Å²) in [6, 6.07) is 7.24. The van der Waals surface area contributed by atoms with E-state index in [9.17, 15) is 4.79 Å². The minimum atomic E-state index is -0.103. The molecular weight excluding hydrogens is 242 g/mol. The molecule has 1 amide bonds. The lowest BCUT2D eigenvalue weighted by Gasteiger charge is -2.01. The molecule has 1 aromatic carbocycles. The Hall–Kier alpha value is -1.27. The van der Waals surface area contributed by atoms with Crippen molar-refractivity contribution in [3.05, 3.63) is 34.3 Å². The highest BCUT2D eigenvalue weighted by Crippen LogP contribution is 2.11. The van der Waals surface area contributed by atoms with Gasteiger partial charge in [-0.1, -0.05) is 27.9 Å². The molecule has 14 heavy (non-hydrogen) atoms. The van der Waals surface area contributed by atoms with Crippen LogP contribution in [0, 0.1) is 11.8 Å². The van der Waals surface area contributed by atoms with Crippen LogP contribution in [-0.4, -0.2) is 12.5 Å². The van der Waals surface area contributed by atoms with E-state index < -0.39 is 0 Å². The third kappa shape index (κ3) is 3.23. The maximum atomic E-state index is 11.5. The molecular formula is C11H10BrNO. The predicted octanol–water partition coefficient (Wildman–Crippen LogP) is 2.20. The first kappa shape index (κ1) is 10.8. The molecule has 0 spiro atoms. The quantitative estimate of drug-likeness (QED) is 0.803. The number of carbonyl (C=O) groups excluding carboxylic acids is 1. The second-order valence-corrected chi connectivity index (χ2v) is 3.54. The summed E-state index contributed by atoms with van der Waals surface area (Å²) in [5.74, 6) is 5.38. The maximum absolute atomic E-state index is 11.5. The van der Waals surface area contributed by atoms with Gasteiger partial charge in [0, 0.05) is 10.0 Å². The van der Waals surface area contributed by atoms with Crippen molar-refractivity contribution in [2.45, 2.75) is 6.92 Å². The highest BCUT2D eigenvalue weighted by atomic mass is 79.9. The van der Waals surface area contributed by atoms with Crippen molar-refractivity contribution in [2.75, 3.05) is 6.54 Å². The Morgan fingerprint density at radius 3 is 3.00 bits per heavy atom. The Labute approximate surface area is 91.8 Å². The fourth-order valence-electron chi connectivity index (χ4n) is 0.945. The standard InChI is InChI=1S/C11H10BrNO/c1-2-3-7-13-11(14)9-5-4-6-10(12)8-9/h4-6,8H,7H2,1H3,(H,13,14). The smallest absolute Gasteiger partial charge is 0.252 e. The molecule has 0 aliphatic heterocycles. The van der Waals surface area contributed by atoms with Gasteiger partial charge >= 0.3 is 0 Å². The number of hydrogen-bond acceptors (Lipinski definition) is 1. The molecule has 1 rings (SSSR count). The molecule has 72 valence electrons. The van der Waals surface area contributed by atoms with Crippen molar-refractivity contribution >= 4 is 21.8 Å². The molecule has 0 aromatic heterocycles. The van der Waals surface area contributed by atoms with E-state index in [0.717, 1.165) is 4.47 Å². The largest absolute Gasteiger partial charge is 0.341 e. The first-order chi connectivity index (χ1) is 6.74. The second-order valence-electron chi connectivity index (χ2n) is 2.62. The molecule has 0 aliphatic rings. The zero-order valence-corrected chi connectivity index (χ0v) is 9.39. The van der Waals surface area contributed by atoms with Crippen molar-refractivity contribution in [3.8, 4) is 11.8 Å². The van der Waals surface area contributed by atoms with Gasteiger partial charge in [0.1, 0.15) is 0 Å². The maximum Gasteiger partial charge on any atom is 0.252 e. The molecule has 3 heteroatoms. The predicted molar refractivity (Wildman–Crippen MR) is 59.9 cm³/mol. The van der Waals surface area contributed by atoms with Crippen molar-refractivity contribution in [2.24, 2.45) is 0 Å². The summed E-state index contributed by atoms with van der Waals surface area (Å²) in [6.07, 6.45) is 0. The highest BCUT2D eigenvalue weighted by molar-refractivity contribution is 9.10. The van der Waals surface area contributed by atoms with Crippen LogP contribution in [-0.2, 0) is 0 Å². The Morgan fingerprint density at radius 1 is 1.57 bits per heavy atom. The van der Waals surface area contributed by atoms with Gasteiger partial charge < -0.3 is 5.32 Å². The van der Waals surface area contributed by atoms with Crippen LogP contribution in [0.5, 0.6) is 0 Å². The molecule has 0 saturated carbocycles. The minimum absolute atomic E-state index is 0.103. The van der Waals surface area contributed by atoms with E-state index in [1.54, 1.807) is 19.1 Å². The van der Waals surface area contributed by atoms with Crippen molar-refractivity contribution < 1.29 is 4.79 Å². The fourth-order valence-corrected chi connectivity index (χ4v) is 1.34. The van der Waals surface area contributed by atoms with Gasteiger partial charge in [-0.05, 0) is 25.1 Å². The first-order valence-electron chi connectivity index (χ1n) is 4.17. The summed E-state index contributed by atoms with van der Waals surface area (Å²) in [7, 11) is 0. The number of rotatable bonds is 2. The summed E-state index contributed by atoms with van der Waals surface area (Å²) in [5.41, 5.74) is 0.636. The van der Waals surface area contributed by atoms with Crippen molar-refractivity contribution in [1.29, 1.82) is 0 Å². The zero-order valence-electron chi connectivity index (χ0n) is 7.80. The number of hydrogen-bond donors (Lipinski definition) is 1. The lowest BCUT2D eigenvalue weighted by atomic mass is 10.2. The molecule has 0 radical (unpaired) electrons. The van der Waals surface area contributed by atoms with Gasteiger partial charge in [0.15, 0.2) is 0 Å². The van der Waals surface area contributed by atoms with E-state index in [4.69, 9.17) is 0 Å². The molecule has 1 N–H and O–H groups in total. The topological polar surface area (TPSA) is 29.1 Å². The molecule has 0 saturated heterocycles. The summed E-state index contributed by atoms with van der Waals surface area (Å²) in [6.45, 7) is 2.13. The summed E-state index contributed by atoms with van der Waals surface area (Å²) < 4.78 is 0.895. The molecule has 0 unspecified atom stereocenters. The highest BCUT2D eigenvalue weighted by Gasteiger charge is 2.03. The number of benzene rings is 1. The van der Waals surface area contributed by atoms with Crippen LogP contribution >= 0.6 is 15.9 Å². The minimum Gasteiger partial charge on any atom is -0.341 e. The molecule has 2 nitrogen and oxygen atoms in total. The number of nitrogens with one attached hydrogen (secondary N) is 1. The van der Waals surface area contributed by atoms with Crippen LogP contribution in [0.15, 0.2) is 28.7 Å². The average Bonchev–Trinajstić information content (AvgIpc) is 2.18.